The zero-order chi connectivity index (χ0) is 15.6. The summed E-state index contributed by atoms with van der Waals surface area (Å²) in [7, 11) is 0. The predicted octanol–water partition coefficient (Wildman–Crippen LogP) is 3.45. The second kappa shape index (κ2) is 6.26. The smallest absolute Gasteiger partial charge is 0.313 e. The van der Waals surface area contributed by atoms with Crippen LogP contribution in [0, 0.1) is 11.6 Å². The first-order valence-electron chi connectivity index (χ1n) is 6.27. The van der Waals surface area contributed by atoms with Crippen LogP contribution in [0.5, 0.6) is 0 Å². The van der Waals surface area contributed by atoms with E-state index in [2.05, 4.69) is 4.98 Å². The van der Waals surface area contributed by atoms with Gasteiger partial charge in [-0.3, -0.25) is 9.36 Å². The molecular formula is C14H14F2N2O2S. The fourth-order valence-corrected chi connectivity index (χ4v) is 2.60. The summed E-state index contributed by atoms with van der Waals surface area (Å²) in [6, 6.07) is 3.28. The van der Waals surface area contributed by atoms with E-state index < -0.39 is 17.6 Å². The van der Waals surface area contributed by atoms with Crippen LogP contribution in [0.25, 0.3) is 5.69 Å². The Kier molecular flexibility index (Phi) is 4.62. The summed E-state index contributed by atoms with van der Waals surface area (Å²) in [6.45, 7) is 3.83. The van der Waals surface area contributed by atoms with E-state index in [4.69, 9.17) is 5.11 Å². The zero-order valence-corrected chi connectivity index (χ0v) is 12.3. The second-order valence-corrected chi connectivity index (χ2v) is 5.68. The minimum Gasteiger partial charge on any atom is -0.481 e. The SMILES string of the molecule is CC(C)c1cnc(SCC(=O)O)n1-c1ccc(F)cc1F. The van der Waals surface area contributed by atoms with Crippen molar-refractivity contribution in [2.45, 2.75) is 24.9 Å². The van der Waals surface area contributed by atoms with Crippen LogP contribution < -0.4 is 0 Å². The van der Waals surface area contributed by atoms with Gasteiger partial charge in [0, 0.05) is 11.8 Å². The van der Waals surface area contributed by atoms with Crippen LogP contribution in [0.3, 0.4) is 0 Å². The molecule has 0 saturated heterocycles. The molecule has 7 heteroatoms. The van der Waals surface area contributed by atoms with Gasteiger partial charge < -0.3 is 5.11 Å². The van der Waals surface area contributed by atoms with Gasteiger partial charge in [-0.15, -0.1) is 0 Å². The van der Waals surface area contributed by atoms with Crippen molar-refractivity contribution in [2.75, 3.05) is 5.75 Å². The number of hydrogen-bond donors (Lipinski definition) is 1. The maximum absolute atomic E-state index is 14.0. The Morgan fingerprint density at radius 3 is 2.71 bits per heavy atom. The van der Waals surface area contributed by atoms with Gasteiger partial charge in [0.05, 0.1) is 17.6 Å². The molecular weight excluding hydrogens is 298 g/mol. The summed E-state index contributed by atoms with van der Waals surface area (Å²) in [6.07, 6.45) is 1.58. The van der Waals surface area contributed by atoms with Crippen molar-refractivity contribution in [3.8, 4) is 5.69 Å². The summed E-state index contributed by atoms with van der Waals surface area (Å²) in [4.78, 5) is 14.8. The molecule has 0 aliphatic carbocycles. The molecule has 4 nitrogen and oxygen atoms in total. The van der Waals surface area contributed by atoms with Crippen LogP contribution in [-0.4, -0.2) is 26.4 Å². The lowest BCUT2D eigenvalue weighted by molar-refractivity contribution is -0.133. The molecule has 0 aliphatic rings. The van der Waals surface area contributed by atoms with Gasteiger partial charge in [-0.1, -0.05) is 25.6 Å². The molecule has 0 bridgehead atoms. The van der Waals surface area contributed by atoms with E-state index in [-0.39, 0.29) is 17.4 Å². The molecule has 0 amide bonds. The van der Waals surface area contributed by atoms with Gasteiger partial charge in [0.1, 0.15) is 11.6 Å². The first-order valence-corrected chi connectivity index (χ1v) is 7.26. The molecule has 112 valence electrons. The maximum Gasteiger partial charge on any atom is 0.313 e. The average Bonchev–Trinajstić information content (AvgIpc) is 2.80. The van der Waals surface area contributed by atoms with Gasteiger partial charge in [-0.25, -0.2) is 13.8 Å². The van der Waals surface area contributed by atoms with E-state index in [0.717, 1.165) is 29.6 Å². The lowest BCUT2D eigenvalue weighted by Gasteiger charge is -2.14. The van der Waals surface area contributed by atoms with E-state index in [0.29, 0.717) is 5.16 Å². The maximum atomic E-state index is 14.0. The van der Waals surface area contributed by atoms with E-state index in [9.17, 15) is 13.6 Å². The number of thioether (sulfide) groups is 1. The van der Waals surface area contributed by atoms with Gasteiger partial charge in [-0.05, 0) is 18.1 Å². The Balaban J connectivity index is 2.52. The lowest BCUT2D eigenvalue weighted by atomic mass is 10.1. The number of benzene rings is 1. The van der Waals surface area contributed by atoms with Crippen molar-refractivity contribution in [3.05, 3.63) is 41.7 Å². The molecule has 1 aromatic heterocycles. The molecule has 0 unspecified atom stereocenters. The normalized spacial score (nSPS) is 11.1. The molecule has 21 heavy (non-hydrogen) atoms. The number of nitrogens with zero attached hydrogens (tertiary/aromatic N) is 2. The third kappa shape index (κ3) is 3.41. The summed E-state index contributed by atoms with van der Waals surface area (Å²) >= 11 is 0.993. The van der Waals surface area contributed by atoms with E-state index >= 15 is 0 Å². The number of hydrogen-bond acceptors (Lipinski definition) is 3. The second-order valence-electron chi connectivity index (χ2n) is 4.73. The van der Waals surface area contributed by atoms with Crippen molar-refractivity contribution < 1.29 is 18.7 Å². The number of halogens is 2. The Labute approximate surface area is 124 Å². The Morgan fingerprint density at radius 2 is 2.14 bits per heavy atom. The van der Waals surface area contributed by atoms with Gasteiger partial charge in [0.25, 0.3) is 0 Å². The van der Waals surface area contributed by atoms with Crippen LogP contribution in [0.2, 0.25) is 0 Å². The summed E-state index contributed by atoms with van der Waals surface area (Å²) < 4.78 is 28.6. The molecule has 2 rings (SSSR count). The number of aromatic nitrogens is 2. The third-order valence-corrected chi connectivity index (χ3v) is 3.76. The number of carboxylic acids is 1. The first kappa shape index (κ1) is 15.5. The zero-order valence-electron chi connectivity index (χ0n) is 11.5. The molecule has 0 radical (unpaired) electrons. The number of imidazole rings is 1. The monoisotopic (exact) mass is 312 g/mol. The average molecular weight is 312 g/mol. The van der Waals surface area contributed by atoms with E-state index in [1.165, 1.54) is 10.6 Å². The standard InChI is InChI=1S/C14H14F2N2O2S/c1-8(2)12-6-17-14(21-7-13(19)20)18(12)11-4-3-9(15)5-10(11)16/h3-6,8H,7H2,1-2H3,(H,19,20). The van der Waals surface area contributed by atoms with E-state index in [1.54, 1.807) is 6.20 Å². The molecule has 0 saturated carbocycles. The fraction of sp³-hybridized carbons (Fsp3) is 0.286. The van der Waals surface area contributed by atoms with Gasteiger partial charge >= 0.3 is 5.97 Å². The highest BCUT2D eigenvalue weighted by molar-refractivity contribution is 7.99. The highest BCUT2D eigenvalue weighted by atomic mass is 32.2. The van der Waals surface area contributed by atoms with Gasteiger partial charge in [0.15, 0.2) is 5.16 Å². The first-order chi connectivity index (χ1) is 9.90. The van der Waals surface area contributed by atoms with E-state index in [1.807, 2.05) is 13.8 Å². The quantitative estimate of drug-likeness (QED) is 0.859. The Bertz CT molecular complexity index is 671. The van der Waals surface area contributed by atoms with Crippen molar-refractivity contribution in [1.29, 1.82) is 0 Å². The topological polar surface area (TPSA) is 55.1 Å². The summed E-state index contributed by atoms with van der Waals surface area (Å²) in [5.74, 6) is -2.49. The van der Waals surface area contributed by atoms with Crippen molar-refractivity contribution >= 4 is 17.7 Å². The molecule has 0 aliphatic heterocycles. The minimum atomic E-state index is -0.986. The number of carbonyl (C=O) groups is 1. The highest BCUT2D eigenvalue weighted by Gasteiger charge is 2.18. The molecule has 1 N–H and O–H groups in total. The third-order valence-electron chi connectivity index (χ3n) is 2.82. The largest absolute Gasteiger partial charge is 0.481 e. The summed E-state index contributed by atoms with van der Waals surface area (Å²) in [5.41, 5.74) is 0.888. The summed E-state index contributed by atoms with van der Waals surface area (Å²) in [5, 5.41) is 9.13. The molecule has 1 aromatic carbocycles. The van der Waals surface area contributed by atoms with Crippen LogP contribution in [0.1, 0.15) is 25.5 Å². The molecule has 1 heterocycles. The number of rotatable bonds is 5. The molecule has 0 spiro atoms. The number of carboxylic acid groups (broad SMARTS) is 1. The Hall–Kier alpha value is -1.89. The minimum absolute atomic E-state index is 0.0566. The highest BCUT2D eigenvalue weighted by Crippen LogP contribution is 2.28. The number of aliphatic carboxylic acids is 1. The van der Waals surface area contributed by atoms with Crippen LogP contribution in [0.15, 0.2) is 29.6 Å². The van der Waals surface area contributed by atoms with Crippen LogP contribution >= 0.6 is 11.8 Å². The van der Waals surface area contributed by atoms with Crippen molar-refractivity contribution in [3.63, 3.8) is 0 Å². The molecule has 0 fully saturated rings. The molecule has 2 aromatic rings. The van der Waals surface area contributed by atoms with Gasteiger partial charge in [-0.2, -0.15) is 0 Å². The lowest BCUT2D eigenvalue weighted by Crippen LogP contribution is -2.07. The fourth-order valence-electron chi connectivity index (χ4n) is 1.89. The predicted molar refractivity (Wildman–Crippen MR) is 75.9 cm³/mol. The van der Waals surface area contributed by atoms with Crippen molar-refractivity contribution in [2.24, 2.45) is 0 Å². The van der Waals surface area contributed by atoms with Crippen LogP contribution in [0.4, 0.5) is 8.78 Å². The molecule has 0 atom stereocenters. The Morgan fingerprint density at radius 1 is 1.43 bits per heavy atom. The van der Waals surface area contributed by atoms with Gasteiger partial charge in [0.2, 0.25) is 0 Å². The van der Waals surface area contributed by atoms with Crippen molar-refractivity contribution in [1.82, 2.24) is 9.55 Å². The van der Waals surface area contributed by atoms with Crippen LogP contribution in [-0.2, 0) is 4.79 Å².